The maximum atomic E-state index is 2.41. The van der Waals surface area contributed by atoms with Crippen molar-refractivity contribution in [2.45, 2.75) is 26.3 Å². The fourth-order valence-electron chi connectivity index (χ4n) is 3.20. The number of imidazole rings is 1. The zero-order valence-electron chi connectivity index (χ0n) is 12.7. The lowest BCUT2D eigenvalue weighted by Crippen LogP contribution is -3.00. The van der Waals surface area contributed by atoms with Crippen LogP contribution in [-0.4, -0.2) is 4.57 Å². The Morgan fingerprint density at radius 1 is 0.955 bits per heavy atom. The minimum Gasteiger partial charge on any atom is -1.00 e. The normalized spacial score (nSPS) is 12.8. The Bertz CT molecular complexity index is 773. The molecule has 3 aromatic rings. The van der Waals surface area contributed by atoms with E-state index in [9.17, 15) is 0 Å². The van der Waals surface area contributed by atoms with Crippen LogP contribution in [0.1, 0.15) is 17.8 Å². The third kappa shape index (κ3) is 2.50. The minimum atomic E-state index is 0. The fourth-order valence-corrected chi connectivity index (χ4v) is 3.20. The van der Waals surface area contributed by atoms with Gasteiger partial charge in [-0.15, -0.1) is 0 Å². The van der Waals surface area contributed by atoms with E-state index in [2.05, 4.69) is 76.9 Å². The second-order valence-electron chi connectivity index (χ2n) is 5.76. The highest BCUT2D eigenvalue weighted by molar-refractivity contribution is 5.62. The summed E-state index contributed by atoms with van der Waals surface area (Å²) in [6.07, 6.45) is 4.71. The van der Waals surface area contributed by atoms with Crippen molar-refractivity contribution in [1.82, 2.24) is 4.57 Å². The smallest absolute Gasteiger partial charge is 0.262 e. The molecule has 2 aromatic carbocycles. The average molecular weight is 355 g/mol. The third-order valence-electron chi connectivity index (χ3n) is 4.27. The molecule has 2 nitrogen and oxygen atoms in total. The molecule has 0 saturated carbocycles. The van der Waals surface area contributed by atoms with Gasteiger partial charge in [0, 0.05) is 5.56 Å². The molecule has 0 saturated heterocycles. The molecule has 1 aliphatic rings. The van der Waals surface area contributed by atoms with Crippen molar-refractivity contribution < 1.29 is 21.5 Å². The Hall–Kier alpha value is -1.87. The lowest BCUT2D eigenvalue weighted by Gasteiger charge is -2.04. The number of rotatable bonds is 2. The summed E-state index contributed by atoms with van der Waals surface area (Å²) in [5, 5.41) is 0. The van der Waals surface area contributed by atoms with E-state index in [1.54, 1.807) is 0 Å². The number of hydrogen-bond acceptors (Lipinski definition) is 0. The van der Waals surface area contributed by atoms with Crippen LogP contribution in [0, 0.1) is 6.92 Å². The molecule has 0 radical (unpaired) electrons. The van der Waals surface area contributed by atoms with E-state index in [0.29, 0.717) is 0 Å². The first-order chi connectivity index (χ1) is 10.3. The minimum absolute atomic E-state index is 0. The Morgan fingerprint density at radius 3 is 2.41 bits per heavy atom. The average Bonchev–Trinajstić information content (AvgIpc) is 3.09. The maximum absolute atomic E-state index is 2.41. The van der Waals surface area contributed by atoms with Crippen molar-refractivity contribution in [3.8, 4) is 16.9 Å². The summed E-state index contributed by atoms with van der Waals surface area (Å²) in [6, 6.07) is 19.5. The molecule has 0 fully saturated rings. The summed E-state index contributed by atoms with van der Waals surface area (Å²) in [5.74, 6) is 1.41. The lowest BCUT2D eigenvalue weighted by molar-refractivity contribution is -0.689. The highest BCUT2D eigenvalue weighted by atomic mass is 79.9. The SMILES string of the molecule is Cc1ccc(-c2c[n+]3c(n2-c2ccccc2)CCC3)cc1.[Br-]. The van der Waals surface area contributed by atoms with Crippen LogP contribution >= 0.6 is 0 Å². The van der Waals surface area contributed by atoms with E-state index < -0.39 is 0 Å². The molecule has 3 heteroatoms. The van der Waals surface area contributed by atoms with E-state index >= 15 is 0 Å². The number of aryl methyl sites for hydroxylation is 2. The number of hydrogen-bond donors (Lipinski definition) is 0. The summed E-state index contributed by atoms with van der Waals surface area (Å²) in [4.78, 5) is 0. The summed E-state index contributed by atoms with van der Waals surface area (Å²) in [6.45, 7) is 3.27. The molecule has 22 heavy (non-hydrogen) atoms. The van der Waals surface area contributed by atoms with Gasteiger partial charge in [0.2, 0.25) is 0 Å². The molecular formula is C19H19BrN2. The van der Waals surface area contributed by atoms with Crippen LogP contribution in [0.15, 0.2) is 60.8 Å². The zero-order valence-corrected chi connectivity index (χ0v) is 14.3. The van der Waals surface area contributed by atoms with Gasteiger partial charge in [0.15, 0.2) is 5.69 Å². The molecule has 0 atom stereocenters. The van der Waals surface area contributed by atoms with Gasteiger partial charge in [0.05, 0.1) is 13.0 Å². The number of nitrogens with zero attached hydrogens (tertiary/aromatic N) is 2. The number of fused-ring (bicyclic) bond motifs is 1. The van der Waals surface area contributed by atoms with Gasteiger partial charge in [0.1, 0.15) is 11.9 Å². The molecule has 0 unspecified atom stereocenters. The van der Waals surface area contributed by atoms with E-state index in [-0.39, 0.29) is 17.0 Å². The summed E-state index contributed by atoms with van der Waals surface area (Å²) < 4.78 is 4.82. The van der Waals surface area contributed by atoms with Gasteiger partial charge in [-0.2, -0.15) is 4.57 Å². The van der Waals surface area contributed by atoms with Crippen molar-refractivity contribution in [2.24, 2.45) is 0 Å². The summed E-state index contributed by atoms with van der Waals surface area (Å²) in [5.41, 5.74) is 5.13. The Kier molecular flexibility index (Phi) is 4.16. The van der Waals surface area contributed by atoms with Gasteiger partial charge < -0.3 is 17.0 Å². The van der Waals surface area contributed by atoms with Crippen molar-refractivity contribution in [3.63, 3.8) is 0 Å². The van der Waals surface area contributed by atoms with Gasteiger partial charge in [0.25, 0.3) is 5.82 Å². The topological polar surface area (TPSA) is 8.81 Å². The monoisotopic (exact) mass is 354 g/mol. The van der Waals surface area contributed by atoms with Crippen molar-refractivity contribution in [1.29, 1.82) is 0 Å². The summed E-state index contributed by atoms with van der Waals surface area (Å²) in [7, 11) is 0. The first-order valence-electron chi connectivity index (χ1n) is 7.59. The van der Waals surface area contributed by atoms with Gasteiger partial charge in [-0.1, -0.05) is 48.0 Å². The second-order valence-corrected chi connectivity index (χ2v) is 5.76. The van der Waals surface area contributed by atoms with Crippen molar-refractivity contribution >= 4 is 0 Å². The first-order valence-corrected chi connectivity index (χ1v) is 7.59. The maximum Gasteiger partial charge on any atom is 0.262 e. The first kappa shape index (κ1) is 15.0. The molecule has 0 bridgehead atoms. The fraction of sp³-hybridized carbons (Fsp3) is 0.211. The molecule has 0 N–H and O–H groups in total. The van der Waals surface area contributed by atoms with E-state index in [4.69, 9.17) is 0 Å². The van der Waals surface area contributed by atoms with Crippen LogP contribution < -0.4 is 21.5 Å². The highest BCUT2D eigenvalue weighted by Crippen LogP contribution is 2.26. The molecule has 0 aliphatic carbocycles. The molecule has 4 rings (SSSR count). The number of para-hydroxylation sites is 1. The standard InChI is InChI=1S/C19H19N2.BrH/c1-15-9-11-16(12-10-15)18-14-20-13-5-8-19(20)21(18)17-6-3-2-4-7-17;/h2-4,6-7,9-12,14H,5,8,13H2,1H3;1H/q+1;/p-1. The zero-order chi connectivity index (χ0) is 14.2. The van der Waals surface area contributed by atoms with Crippen LogP contribution in [0.2, 0.25) is 0 Å². The second kappa shape index (κ2) is 6.09. The van der Waals surface area contributed by atoms with Crippen molar-refractivity contribution in [3.05, 3.63) is 72.2 Å². The predicted molar refractivity (Wildman–Crippen MR) is 84.5 cm³/mol. The Balaban J connectivity index is 0.00000144. The van der Waals surface area contributed by atoms with Crippen LogP contribution in [0.5, 0.6) is 0 Å². The molecule has 0 spiro atoms. The molecule has 2 heterocycles. The number of benzene rings is 2. The van der Waals surface area contributed by atoms with Gasteiger partial charge in [-0.05, 0) is 25.5 Å². The number of aromatic nitrogens is 2. The van der Waals surface area contributed by atoms with Gasteiger partial charge in [-0.3, -0.25) is 0 Å². The molecule has 112 valence electrons. The number of halogens is 1. The molecular weight excluding hydrogens is 336 g/mol. The Labute approximate surface area is 141 Å². The largest absolute Gasteiger partial charge is 1.00 e. The predicted octanol–water partition coefficient (Wildman–Crippen LogP) is 0.690. The van der Waals surface area contributed by atoms with E-state index in [1.165, 1.54) is 34.8 Å². The van der Waals surface area contributed by atoms with Gasteiger partial charge >= 0.3 is 0 Å². The van der Waals surface area contributed by atoms with Crippen LogP contribution in [-0.2, 0) is 13.0 Å². The molecule has 0 amide bonds. The van der Waals surface area contributed by atoms with Crippen LogP contribution in [0.3, 0.4) is 0 Å². The van der Waals surface area contributed by atoms with Crippen molar-refractivity contribution in [2.75, 3.05) is 0 Å². The Morgan fingerprint density at radius 2 is 1.68 bits per heavy atom. The lowest BCUT2D eigenvalue weighted by atomic mass is 10.1. The third-order valence-corrected chi connectivity index (χ3v) is 4.27. The quantitative estimate of drug-likeness (QED) is 0.599. The van der Waals surface area contributed by atoms with E-state index in [1.807, 2.05) is 0 Å². The molecule has 1 aliphatic heterocycles. The molecule has 1 aromatic heterocycles. The van der Waals surface area contributed by atoms with Gasteiger partial charge in [-0.25, -0.2) is 4.57 Å². The van der Waals surface area contributed by atoms with Crippen LogP contribution in [0.4, 0.5) is 0 Å². The van der Waals surface area contributed by atoms with E-state index in [0.717, 1.165) is 13.0 Å². The highest BCUT2D eigenvalue weighted by Gasteiger charge is 2.29. The van der Waals surface area contributed by atoms with Crippen LogP contribution in [0.25, 0.3) is 16.9 Å². The summed E-state index contributed by atoms with van der Waals surface area (Å²) >= 11 is 0.